The van der Waals surface area contributed by atoms with E-state index in [4.69, 9.17) is 4.42 Å². The molecular weight excluding hydrogens is 548 g/mol. The maximum Gasteiger partial charge on any atom is 0.137 e. The number of benzene rings is 7. The van der Waals surface area contributed by atoms with E-state index in [0.717, 1.165) is 27.6 Å². The second-order valence-electron chi connectivity index (χ2n) is 12.1. The van der Waals surface area contributed by atoms with Gasteiger partial charge in [-0.05, 0) is 59.7 Å². The van der Waals surface area contributed by atoms with E-state index in [2.05, 4.69) is 142 Å². The van der Waals surface area contributed by atoms with Gasteiger partial charge in [0.2, 0.25) is 0 Å². The van der Waals surface area contributed by atoms with E-state index in [9.17, 15) is 0 Å². The van der Waals surface area contributed by atoms with Crippen LogP contribution in [0.5, 0.6) is 0 Å². The fraction of sp³-hybridized carbons (Fsp3) is 0. The van der Waals surface area contributed by atoms with Crippen molar-refractivity contribution in [3.63, 3.8) is 0 Å². The highest BCUT2D eigenvalue weighted by Gasteiger charge is 2.19. The minimum Gasteiger partial charge on any atom is -0.456 e. The first-order chi connectivity index (χ1) is 22.3. The van der Waals surface area contributed by atoms with Crippen molar-refractivity contribution in [2.45, 2.75) is 0 Å². The highest BCUT2D eigenvalue weighted by Crippen LogP contribution is 2.41. The van der Waals surface area contributed by atoms with Gasteiger partial charge in [-0.1, -0.05) is 91.0 Å². The minimum absolute atomic E-state index is 0.903. The van der Waals surface area contributed by atoms with Crippen LogP contribution in [0, 0.1) is 0 Å². The summed E-state index contributed by atoms with van der Waals surface area (Å²) in [6.45, 7) is 0. The van der Waals surface area contributed by atoms with Crippen LogP contribution < -0.4 is 0 Å². The number of rotatable bonds is 2. The van der Waals surface area contributed by atoms with Crippen molar-refractivity contribution in [3.05, 3.63) is 146 Å². The number of hydrogen-bond acceptors (Lipinski definition) is 1. The molecule has 11 rings (SSSR count). The standard InChI is InChI=1S/C42H24N2O/c1-4-13-36-28(8-1)30-19-16-26(23-39(30)43(36)27-18-20-32-31-10-3-6-15-40(31)45-41(32)24-27)25-17-21-38-35(22-25)34-12-7-11-33-29-9-2-5-14-37(29)44(38)42(33)34/h1-24H. The predicted octanol–water partition coefficient (Wildman–Crippen LogP) is 11.5. The number of hydrogen-bond donors (Lipinski definition) is 0. The lowest BCUT2D eigenvalue weighted by atomic mass is 10.0. The van der Waals surface area contributed by atoms with E-state index in [0.29, 0.717) is 0 Å². The Labute approximate surface area is 257 Å². The van der Waals surface area contributed by atoms with Crippen molar-refractivity contribution in [1.82, 2.24) is 8.97 Å². The molecule has 208 valence electrons. The van der Waals surface area contributed by atoms with Crippen LogP contribution in [0.3, 0.4) is 0 Å². The molecule has 0 fully saturated rings. The molecule has 0 N–H and O–H groups in total. The molecule has 4 aromatic heterocycles. The highest BCUT2D eigenvalue weighted by molar-refractivity contribution is 6.23. The first-order valence-corrected chi connectivity index (χ1v) is 15.4. The lowest BCUT2D eigenvalue weighted by Crippen LogP contribution is -1.93. The molecule has 45 heavy (non-hydrogen) atoms. The van der Waals surface area contributed by atoms with E-state index in [1.807, 2.05) is 12.1 Å². The third-order valence-electron chi connectivity index (χ3n) is 9.85. The van der Waals surface area contributed by atoms with Gasteiger partial charge in [-0.3, -0.25) is 0 Å². The van der Waals surface area contributed by atoms with Crippen molar-refractivity contribution in [2.24, 2.45) is 0 Å². The van der Waals surface area contributed by atoms with Crippen LogP contribution in [-0.4, -0.2) is 8.97 Å². The molecule has 0 amide bonds. The highest BCUT2D eigenvalue weighted by atomic mass is 16.3. The molecule has 11 aromatic rings. The average Bonchev–Trinajstić information content (AvgIpc) is 3.83. The molecule has 0 saturated heterocycles. The summed E-state index contributed by atoms with van der Waals surface area (Å²) in [4.78, 5) is 0. The summed E-state index contributed by atoms with van der Waals surface area (Å²) in [7, 11) is 0. The number of para-hydroxylation sites is 4. The van der Waals surface area contributed by atoms with Crippen LogP contribution in [-0.2, 0) is 0 Å². The summed E-state index contributed by atoms with van der Waals surface area (Å²) in [5, 5.41) is 9.99. The zero-order valence-corrected chi connectivity index (χ0v) is 24.2. The van der Waals surface area contributed by atoms with Gasteiger partial charge in [0.05, 0.1) is 27.6 Å². The second-order valence-corrected chi connectivity index (χ2v) is 12.1. The monoisotopic (exact) mass is 572 g/mol. The summed E-state index contributed by atoms with van der Waals surface area (Å²) in [6.07, 6.45) is 0. The van der Waals surface area contributed by atoms with Gasteiger partial charge in [0.15, 0.2) is 0 Å². The molecule has 7 aromatic carbocycles. The number of nitrogens with zero attached hydrogens (tertiary/aromatic N) is 2. The van der Waals surface area contributed by atoms with E-state index >= 15 is 0 Å². The number of fused-ring (bicyclic) bond motifs is 12. The van der Waals surface area contributed by atoms with Gasteiger partial charge in [-0.2, -0.15) is 0 Å². The van der Waals surface area contributed by atoms with Crippen LogP contribution in [0.2, 0.25) is 0 Å². The Morgan fingerprint density at radius 2 is 0.956 bits per heavy atom. The zero-order valence-electron chi connectivity index (χ0n) is 24.2. The van der Waals surface area contributed by atoms with Crippen LogP contribution in [0.25, 0.3) is 98.7 Å². The SMILES string of the molecule is c1ccc2c(c1)oc1cc(-n3c4ccccc4c4ccc(-c5ccc6c(c5)c5cccc7c8ccccc8n6c75)cc43)ccc12. The Hall–Kier alpha value is -6.06. The van der Waals surface area contributed by atoms with Crippen LogP contribution >= 0.6 is 0 Å². The fourth-order valence-electron chi connectivity index (χ4n) is 7.89. The van der Waals surface area contributed by atoms with Gasteiger partial charge >= 0.3 is 0 Å². The van der Waals surface area contributed by atoms with E-state index in [1.165, 1.54) is 71.0 Å². The Kier molecular flexibility index (Phi) is 4.32. The Morgan fingerprint density at radius 3 is 1.84 bits per heavy atom. The summed E-state index contributed by atoms with van der Waals surface area (Å²) in [5.41, 5.74) is 11.5. The first kappa shape index (κ1) is 23.4. The van der Waals surface area contributed by atoms with Crippen molar-refractivity contribution in [2.75, 3.05) is 0 Å². The van der Waals surface area contributed by atoms with E-state index in [1.54, 1.807) is 0 Å². The quantitative estimate of drug-likeness (QED) is 0.202. The van der Waals surface area contributed by atoms with Gasteiger partial charge in [0.25, 0.3) is 0 Å². The Balaban J connectivity index is 1.16. The molecule has 0 radical (unpaired) electrons. The Bertz CT molecular complexity index is 2990. The molecule has 3 nitrogen and oxygen atoms in total. The summed E-state index contributed by atoms with van der Waals surface area (Å²) in [6, 6.07) is 52.9. The second kappa shape index (κ2) is 8.31. The molecular formula is C42H24N2O. The summed E-state index contributed by atoms with van der Waals surface area (Å²) in [5.74, 6) is 0. The molecule has 0 atom stereocenters. The van der Waals surface area contributed by atoms with Crippen LogP contribution in [0.1, 0.15) is 0 Å². The van der Waals surface area contributed by atoms with Gasteiger partial charge in [0.1, 0.15) is 11.2 Å². The van der Waals surface area contributed by atoms with Crippen LogP contribution in [0.4, 0.5) is 0 Å². The van der Waals surface area contributed by atoms with Gasteiger partial charge in [-0.15, -0.1) is 0 Å². The molecule has 0 bridgehead atoms. The number of aromatic nitrogens is 2. The lowest BCUT2D eigenvalue weighted by Gasteiger charge is -2.09. The van der Waals surface area contributed by atoms with Crippen LogP contribution in [0.15, 0.2) is 150 Å². The molecule has 4 heterocycles. The number of furan rings is 1. The van der Waals surface area contributed by atoms with Crippen molar-refractivity contribution >= 4 is 81.8 Å². The van der Waals surface area contributed by atoms with Gasteiger partial charge in [0, 0.05) is 54.8 Å². The molecule has 0 aliphatic carbocycles. The van der Waals surface area contributed by atoms with E-state index in [-0.39, 0.29) is 0 Å². The Morgan fingerprint density at radius 1 is 0.356 bits per heavy atom. The largest absolute Gasteiger partial charge is 0.456 e. The maximum atomic E-state index is 6.31. The summed E-state index contributed by atoms with van der Waals surface area (Å²) >= 11 is 0. The smallest absolute Gasteiger partial charge is 0.137 e. The lowest BCUT2D eigenvalue weighted by molar-refractivity contribution is 0.668. The average molecular weight is 573 g/mol. The predicted molar refractivity (Wildman–Crippen MR) is 188 cm³/mol. The van der Waals surface area contributed by atoms with Crippen molar-refractivity contribution < 1.29 is 4.42 Å². The molecule has 0 aliphatic heterocycles. The molecule has 0 aliphatic rings. The first-order valence-electron chi connectivity index (χ1n) is 15.4. The van der Waals surface area contributed by atoms with Gasteiger partial charge < -0.3 is 13.4 Å². The third-order valence-corrected chi connectivity index (χ3v) is 9.85. The summed E-state index contributed by atoms with van der Waals surface area (Å²) < 4.78 is 11.1. The minimum atomic E-state index is 0.903. The molecule has 0 unspecified atom stereocenters. The molecule has 0 saturated carbocycles. The third kappa shape index (κ3) is 2.99. The topological polar surface area (TPSA) is 22.5 Å². The molecule has 0 spiro atoms. The van der Waals surface area contributed by atoms with E-state index < -0.39 is 0 Å². The van der Waals surface area contributed by atoms with Gasteiger partial charge in [-0.25, -0.2) is 0 Å². The molecule has 3 heteroatoms. The van der Waals surface area contributed by atoms with Crippen molar-refractivity contribution in [3.8, 4) is 16.8 Å². The fourth-order valence-corrected chi connectivity index (χ4v) is 7.89. The van der Waals surface area contributed by atoms with Crippen molar-refractivity contribution in [1.29, 1.82) is 0 Å². The normalized spacial score (nSPS) is 12.4. The maximum absolute atomic E-state index is 6.31. The zero-order chi connectivity index (χ0) is 29.2.